The van der Waals surface area contributed by atoms with E-state index in [-0.39, 0.29) is 0 Å². The first-order valence-electron chi connectivity index (χ1n) is 6.69. The van der Waals surface area contributed by atoms with Crippen LogP contribution in [0.15, 0.2) is 22.7 Å². The van der Waals surface area contributed by atoms with Crippen LogP contribution in [0.5, 0.6) is 5.75 Å². The van der Waals surface area contributed by atoms with Gasteiger partial charge in [0.15, 0.2) is 0 Å². The molecule has 0 radical (unpaired) electrons. The van der Waals surface area contributed by atoms with Crippen molar-refractivity contribution >= 4 is 15.9 Å². The van der Waals surface area contributed by atoms with Crippen molar-refractivity contribution in [2.45, 2.75) is 19.8 Å². The average molecular weight is 330 g/mol. The van der Waals surface area contributed by atoms with Gasteiger partial charge in [-0.1, -0.05) is 13.0 Å². The van der Waals surface area contributed by atoms with Crippen molar-refractivity contribution in [1.29, 1.82) is 0 Å². The van der Waals surface area contributed by atoms with Crippen LogP contribution in [-0.2, 0) is 11.2 Å². The first kappa shape index (κ1) is 16.5. The lowest BCUT2D eigenvalue weighted by molar-refractivity contribution is 0.198. The zero-order chi connectivity index (χ0) is 14.1. The number of aryl methyl sites for hydroxylation is 1. The van der Waals surface area contributed by atoms with Crippen LogP contribution < -0.4 is 10.1 Å². The van der Waals surface area contributed by atoms with Gasteiger partial charge in [0.25, 0.3) is 0 Å². The molecule has 1 aromatic rings. The lowest BCUT2D eigenvalue weighted by atomic mass is 10.0. The van der Waals surface area contributed by atoms with E-state index in [1.54, 1.807) is 14.2 Å². The van der Waals surface area contributed by atoms with Crippen molar-refractivity contribution in [3.8, 4) is 5.75 Å². The Hall–Kier alpha value is -0.580. The molecular weight excluding hydrogens is 306 g/mol. The molecule has 0 aliphatic heterocycles. The van der Waals surface area contributed by atoms with Gasteiger partial charge in [0, 0.05) is 13.7 Å². The van der Waals surface area contributed by atoms with Crippen LogP contribution in [0.1, 0.15) is 18.9 Å². The Morgan fingerprint density at radius 1 is 1.32 bits per heavy atom. The van der Waals surface area contributed by atoms with Crippen molar-refractivity contribution in [3.63, 3.8) is 0 Å². The third kappa shape index (κ3) is 6.41. The molecule has 0 aliphatic carbocycles. The standard InChI is InChI=1S/C15H24BrNO2/c1-12(11-17-8-9-18-2)4-5-13-6-7-15(19-3)14(16)10-13/h6-7,10,12,17H,4-5,8-9,11H2,1-3H3. The van der Waals surface area contributed by atoms with Gasteiger partial charge in [-0.25, -0.2) is 0 Å². The molecule has 0 aromatic heterocycles. The molecule has 0 saturated carbocycles. The highest BCUT2D eigenvalue weighted by Gasteiger charge is 2.05. The molecule has 0 spiro atoms. The summed E-state index contributed by atoms with van der Waals surface area (Å²) in [4.78, 5) is 0. The van der Waals surface area contributed by atoms with E-state index in [4.69, 9.17) is 9.47 Å². The third-order valence-corrected chi connectivity index (χ3v) is 3.74. The van der Waals surface area contributed by atoms with Crippen LogP contribution in [-0.4, -0.2) is 33.9 Å². The topological polar surface area (TPSA) is 30.5 Å². The van der Waals surface area contributed by atoms with E-state index >= 15 is 0 Å². The molecule has 1 N–H and O–H groups in total. The van der Waals surface area contributed by atoms with Gasteiger partial charge in [-0.3, -0.25) is 0 Å². The minimum Gasteiger partial charge on any atom is -0.496 e. The highest BCUT2D eigenvalue weighted by molar-refractivity contribution is 9.10. The molecule has 1 rings (SSSR count). The van der Waals surface area contributed by atoms with Crippen LogP contribution in [0, 0.1) is 5.92 Å². The van der Waals surface area contributed by atoms with Gasteiger partial charge in [-0.15, -0.1) is 0 Å². The number of nitrogens with one attached hydrogen (secondary N) is 1. The normalized spacial score (nSPS) is 12.4. The molecule has 19 heavy (non-hydrogen) atoms. The number of methoxy groups -OCH3 is 2. The number of rotatable bonds is 9. The monoisotopic (exact) mass is 329 g/mol. The number of hydrogen-bond acceptors (Lipinski definition) is 3. The van der Waals surface area contributed by atoms with E-state index in [2.05, 4.69) is 40.3 Å². The van der Waals surface area contributed by atoms with E-state index in [1.165, 1.54) is 12.0 Å². The molecule has 0 fully saturated rings. The van der Waals surface area contributed by atoms with Gasteiger partial charge < -0.3 is 14.8 Å². The van der Waals surface area contributed by atoms with Crippen LogP contribution >= 0.6 is 15.9 Å². The van der Waals surface area contributed by atoms with E-state index < -0.39 is 0 Å². The molecule has 0 aliphatic rings. The second kappa shape index (κ2) is 9.34. The summed E-state index contributed by atoms with van der Waals surface area (Å²) in [7, 11) is 3.42. The molecule has 1 unspecified atom stereocenters. The van der Waals surface area contributed by atoms with Crippen LogP contribution in [0.4, 0.5) is 0 Å². The van der Waals surface area contributed by atoms with Crippen molar-refractivity contribution in [2.75, 3.05) is 33.9 Å². The lowest BCUT2D eigenvalue weighted by Gasteiger charge is -2.13. The van der Waals surface area contributed by atoms with Crippen molar-refractivity contribution in [1.82, 2.24) is 5.32 Å². The van der Waals surface area contributed by atoms with Gasteiger partial charge in [0.05, 0.1) is 18.2 Å². The van der Waals surface area contributed by atoms with Gasteiger partial charge in [-0.2, -0.15) is 0 Å². The van der Waals surface area contributed by atoms with Crippen molar-refractivity contribution in [3.05, 3.63) is 28.2 Å². The Bertz CT molecular complexity index is 371. The highest BCUT2D eigenvalue weighted by atomic mass is 79.9. The summed E-state index contributed by atoms with van der Waals surface area (Å²) in [6.07, 6.45) is 2.27. The first-order chi connectivity index (χ1) is 9.17. The fraction of sp³-hybridized carbons (Fsp3) is 0.600. The zero-order valence-electron chi connectivity index (χ0n) is 12.0. The molecule has 0 amide bonds. The van der Waals surface area contributed by atoms with Crippen LogP contribution in [0.3, 0.4) is 0 Å². The van der Waals surface area contributed by atoms with Gasteiger partial charge >= 0.3 is 0 Å². The van der Waals surface area contributed by atoms with Gasteiger partial charge in [-0.05, 0) is 58.9 Å². The maximum absolute atomic E-state index is 5.23. The smallest absolute Gasteiger partial charge is 0.133 e. The summed E-state index contributed by atoms with van der Waals surface area (Å²) in [5, 5.41) is 3.40. The molecular formula is C15H24BrNO2. The fourth-order valence-corrected chi connectivity index (χ4v) is 2.49. The molecule has 0 saturated heterocycles. The maximum atomic E-state index is 5.23. The Kier molecular flexibility index (Phi) is 8.10. The number of halogens is 1. The Labute approximate surface area is 124 Å². The van der Waals surface area contributed by atoms with Crippen LogP contribution in [0.25, 0.3) is 0 Å². The predicted octanol–water partition coefficient (Wildman–Crippen LogP) is 3.26. The van der Waals surface area contributed by atoms with Gasteiger partial charge in [0.1, 0.15) is 5.75 Å². The Morgan fingerprint density at radius 2 is 2.11 bits per heavy atom. The first-order valence-corrected chi connectivity index (χ1v) is 7.48. The minimum atomic E-state index is 0.665. The van der Waals surface area contributed by atoms with Gasteiger partial charge in [0.2, 0.25) is 0 Å². The summed E-state index contributed by atoms with van der Waals surface area (Å²) in [5.41, 5.74) is 1.34. The number of benzene rings is 1. The van der Waals surface area contributed by atoms with E-state index in [0.717, 1.165) is 36.3 Å². The predicted molar refractivity (Wildman–Crippen MR) is 82.9 cm³/mol. The quantitative estimate of drug-likeness (QED) is 0.705. The van der Waals surface area contributed by atoms with Crippen molar-refractivity contribution < 1.29 is 9.47 Å². The maximum Gasteiger partial charge on any atom is 0.133 e. The lowest BCUT2D eigenvalue weighted by Crippen LogP contribution is -2.25. The van der Waals surface area contributed by atoms with E-state index in [1.807, 2.05) is 6.07 Å². The van der Waals surface area contributed by atoms with E-state index in [0.29, 0.717) is 5.92 Å². The molecule has 108 valence electrons. The van der Waals surface area contributed by atoms with Crippen molar-refractivity contribution in [2.24, 2.45) is 5.92 Å². The molecule has 0 heterocycles. The molecule has 3 nitrogen and oxygen atoms in total. The molecule has 4 heteroatoms. The second-order valence-electron chi connectivity index (χ2n) is 4.81. The fourth-order valence-electron chi connectivity index (χ4n) is 1.90. The Morgan fingerprint density at radius 3 is 2.74 bits per heavy atom. The number of hydrogen-bond donors (Lipinski definition) is 1. The summed E-state index contributed by atoms with van der Waals surface area (Å²) in [6.45, 7) is 5.02. The highest BCUT2D eigenvalue weighted by Crippen LogP contribution is 2.26. The summed E-state index contributed by atoms with van der Waals surface area (Å²) < 4.78 is 11.3. The minimum absolute atomic E-state index is 0.665. The number of ether oxygens (including phenoxy) is 2. The second-order valence-corrected chi connectivity index (χ2v) is 5.66. The summed E-state index contributed by atoms with van der Waals surface area (Å²) in [5.74, 6) is 1.55. The third-order valence-electron chi connectivity index (χ3n) is 3.12. The summed E-state index contributed by atoms with van der Waals surface area (Å²) in [6, 6.07) is 6.29. The van der Waals surface area contributed by atoms with E-state index in [9.17, 15) is 0 Å². The molecule has 1 atom stereocenters. The average Bonchev–Trinajstić information content (AvgIpc) is 2.41. The summed E-state index contributed by atoms with van der Waals surface area (Å²) >= 11 is 3.52. The Balaban J connectivity index is 2.29. The zero-order valence-corrected chi connectivity index (χ0v) is 13.6. The molecule has 0 bridgehead atoms. The largest absolute Gasteiger partial charge is 0.496 e. The SMILES string of the molecule is COCCNCC(C)CCc1ccc(OC)c(Br)c1. The molecule has 1 aromatic carbocycles. The van der Waals surface area contributed by atoms with Crippen LogP contribution in [0.2, 0.25) is 0 Å².